The number of ketones is 1. The van der Waals surface area contributed by atoms with Crippen molar-refractivity contribution in [3.8, 4) is 0 Å². The predicted molar refractivity (Wildman–Crippen MR) is 50.4 cm³/mol. The molecule has 0 aliphatic heterocycles. The van der Waals surface area contributed by atoms with Crippen LogP contribution in [0.1, 0.15) is 19.8 Å². The van der Waals surface area contributed by atoms with Crippen molar-refractivity contribution in [3.63, 3.8) is 0 Å². The summed E-state index contributed by atoms with van der Waals surface area (Å²) < 4.78 is 0. The van der Waals surface area contributed by atoms with Gasteiger partial charge in [-0.05, 0) is 18.1 Å². The molecule has 74 valence electrons. The van der Waals surface area contributed by atoms with Crippen molar-refractivity contribution in [2.45, 2.75) is 25.8 Å². The number of carbonyl (C=O) groups excluding carboxylic acids is 1. The lowest BCUT2D eigenvalue weighted by Crippen LogP contribution is -2.30. The molecular formula is C10H11NO3. The highest BCUT2D eigenvalue weighted by atomic mass is 16.6. The first-order valence-corrected chi connectivity index (χ1v) is 4.69. The Labute approximate surface area is 81.4 Å². The Morgan fingerprint density at radius 3 is 2.86 bits per heavy atom. The number of hydrogen-bond acceptors (Lipinski definition) is 3. The van der Waals surface area contributed by atoms with Crippen LogP contribution in [0, 0.1) is 16.0 Å². The van der Waals surface area contributed by atoms with Crippen molar-refractivity contribution in [3.05, 3.63) is 33.4 Å². The molecule has 0 heterocycles. The fourth-order valence-electron chi connectivity index (χ4n) is 2.22. The van der Waals surface area contributed by atoms with Crippen LogP contribution in [0.4, 0.5) is 0 Å². The molecule has 0 aromatic heterocycles. The lowest BCUT2D eigenvalue weighted by Gasteiger charge is -2.19. The highest BCUT2D eigenvalue weighted by Crippen LogP contribution is 2.35. The molecule has 0 bridgehead atoms. The van der Waals surface area contributed by atoms with E-state index >= 15 is 0 Å². The third-order valence-electron chi connectivity index (χ3n) is 2.97. The molecule has 2 atom stereocenters. The molecule has 4 nitrogen and oxygen atoms in total. The third-order valence-corrected chi connectivity index (χ3v) is 2.97. The topological polar surface area (TPSA) is 60.2 Å². The third kappa shape index (κ3) is 1.18. The van der Waals surface area contributed by atoms with E-state index in [1.807, 2.05) is 0 Å². The Balaban J connectivity index is 2.36. The fourth-order valence-corrected chi connectivity index (χ4v) is 2.22. The van der Waals surface area contributed by atoms with E-state index in [1.54, 1.807) is 19.1 Å². The Bertz CT molecular complexity index is 368. The van der Waals surface area contributed by atoms with Gasteiger partial charge in [-0.2, -0.15) is 0 Å². The van der Waals surface area contributed by atoms with Crippen molar-refractivity contribution in [2.24, 2.45) is 5.92 Å². The molecule has 2 aliphatic carbocycles. The van der Waals surface area contributed by atoms with Crippen molar-refractivity contribution in [1.29, 1.82) is 0 Å². The minimum atomic E-state index is -0.726. The fraction of sp³-hybridized carbons (Fsp3) is 0.500. The summed E-state index contributed by atoms with van der Waals surface area (Å²) in [6.45, 7) is 1.76. The largest absolute Gasteiger partial charge is 0.295 e. The highest BCUT2D eigenvalue weighted by molar-refractivity contribution is 6.00. The van der Waals surface area contributed by atoms with Gasteiger partial charge in [0, 0.05) is 16.9 Å². The smallest absolute Gasteiger partial charge is 0.238 e. The van der Waals surface area contributed by atoms with E-state index in [0.29, 0.717) is 12.0 Å². The van der Waals surface area contributed by atoms with Gasteiger partial charge >= 0.3 is 0 Å². The van der Waals surface area contributed by atoms with Crippen molar-refractivity contribution in [1.82, 2.24) is 0 Å². The average Bonchev–Trinajstić information content (AvgIpc) is 2.48. The minimum Gasteiger partial charge on any atom is -0.295 e. The van der Waals surface area contributed by atoms with Gasteiger partial charge in [-0.3, -0.25) is 14.9 Å². The summed E-state index contributed by atoms with van der Waals surface area (Å²) in [5.41, 5.74) is 1.69. The maximum Gasteiger partial charge on any atom is 0.238 e. The number of nitro groups is 1. The van der Waals surface area contributed by atoms with Crippen LogP contribution in [0.5, 0.6) is 0 Å². The zero-order valence-corrected chi connectivity index (χ0v) is 7.90. The Morgan fingerprint density at radius 2 is 2.21 bits per heavy atom. The second kappa shape index (κ2) is 3.04. The molecular weight excluding hydrogens is 182 g/mol. The van der Waals surface area contributed by atoms with Gasteiger partial charge in [-0.15, -0.1) is 0 Å². The average molecular weight is 193 g/mol. The summed E-state index contributed by atoms with van der Waals surface area (Å²) >= 11 is 0. The lowest BCUT2D eigenvalue weighted by atomic mass is 9.86. The summed E-state index contributed by atoms with van der Waals surface area (Å²) in [6, 6.07) is -0.726. The number of carbonyl (C=O) groups is 1. The zero-order chi connectivity index (χ0) is 10.3. The summed E-state index contributed by atoms with van der Waals surface area (Å²) in [4.78, 5) is 21.8. The summed E-state index contributed by atoms with van der Waals surface area (Å²) in [5.74, 6) is -0.177. The van der Waals surface area contributed by atoms with Crippen LogP contribution < -0.4 is 0 Å². The molecule has 2 rings (SSSR count). The number of rotatable bonds is 1. The standard InChI is InChI=1S/C10H11NO3/c1-6-8(11(13)14)4-2-7-3-5-9(12)10(6)7/h2,4,6,8H,3,5H2,1H3. The van der Waals surface area contributed by atoms with E-state index in [2.05, 4.69) is 0 Å². The van der Waals surface area contributed by atoms with Gasteiger partial charge < -0.3 is 0 Å². The second-order valence-electron chi connectivity index (χ2n) is 3.79. The van der Waals surface area contributed by atoms with E-state index < -0.39 is 6.04 Å². The summed E-state index contributed by atoms with van der Waals surface area (Å²) in [5, 5.41) is 10.7. The molecule has 4 heteroatoms. The quantitative estimate of drug-likeness (QED) is 0.468. The van der Waals surface area contributed by atoms with Crippen LogP contribution in [-0.2, 0) is 4.79 Å². The SMILES string of the molecule is CC1C2=C(C=CC1[N+](=O)[O-])CCC2=O. The van der Waals surface area contributed by atoms with Crippen molar-refractivity contribution < 1.29 is 9.72 Å². The molecule has 0 amide bonds. The number of hydrogen-bond donors (Lipinski definition) is 0. The Kier molecular flexibility index (Phi) is 1.98. The predicted octanol–water partition coefficient (Wildman–Crippen LogP) is 1.50. The number of nitrogens with zero attached hydrogens (tertiary/aromatic N) is 1. The first-order valence-electron chi connectivity index (χ1n) is 4.69. The molecule has 0 spiro atoms. The monoisotopic (exact) mass is 193 g/mol. The van der Waals surface area contributed by atoms with E-state index in [9.17, 15) is 14.9 Å². The molecule has 0 aromatic carbocycles. The normalized spacial score (nSPS) is 30.8. The molecule has 0 N–H and O–H groups in total. The summed E-state index contributed by atoms with van der Waals surface area (Å²) in [7, 11) is 0. The van der Waals surface area contributed by atoms with Gasteiger partial charge in [0.2, 0.25) is 6.04 Å². The molecule has 0 aromatic rings. The van der Waals surface area contributed by atoms with E-state index in [0.717, 1.165) is 12.0 Å². The first kappa shape index (κ1) is 9.12. The van der Waals surface area contributed by atoms with Gasteiger partial charge in [0.05, 0.1) is 5.92 Å². The van der Waals surface area contributed by atoms with Gasteiger partial charge in [-0.1, -0.05) is 13.0 Å². The molecule has 2 aliphatic rings. The summed E-state index contributed by atoms with van der Waals surface area (Å²) in [6.07, 6.45) is 4.61. The van der Waals surface area contributed by atoms with E-state index in [-0.39, 0.29) is 16.6 Å². The number of allylic oxidation sites excluding steroid dienone is 2. The zero-order valence-electron chi connectivity index (χ0n) is 7.90. The Hall–Kier alpha value is -1.45. The van der Waals surface area contributed by atoms with Crippen LogP contribution in [0.15, 0.2) is 23.3 Å². The highest BCUT2D eigenvalue weighted by Gasteiger charge is 2.38. The lowest BCUT2D eigenvalue weighted by molar-refractivity contribution is -0.516. The molecule has 0 radical (unpaired) electrons. The van der Waals surface area contributed by atoms with E-state index in [1.165, 1.54) is 0 Å². The second-order valence-corrected chi connectivity index (χ2v) is 3.79. The minimum absolute atomic E-state index is 0.0868. The van der Waals surface area contributed by atoms with Crippen LogP contribution in [0.25, 0.3) is 0 Å². The molecule has 2 unspecified atom stereocenters. The van der Waals surface area contributed by atoms with Crippen LogP contribution in [-0.4, -0.2) is 16.7 Å². The van der Waals surface area contributed by atoms with Crippen LogP contribution in [0.3, 0.4) is 0 Å². The number of Topliss-reactive ketones (excluding diaryl/α,β-unsaturated/α-hetero) is 1. The molecule has 0 saturated carbocycles. The van der Waals surface area contributed by atoms with Crippen molar-refractivity contribution in [2.75, 3.05) is 0 Å². The van der Waals surface area contributed by atoms with Gasteiger partial charge in [0.25, 0.3) is 0 Å². The van der Waals surface area contributed by atoms with Crippen LogP contribution in [0.2, 0.25) is 0 Å². The van der Waals surface area contributed by atoms with Gasteiger partial charge in [0.15, 0.2) is 5.78 Å². The van der Waals surface area contributed by atoms with Gasteiger partial charge in [0.1, 0.15) is 0 Å². The van der Waals surface area contributed by atoms with Crippen molar-refractivity contribution >= 4 is 5.78 Å². The molecule has 0 fully saturated rings. The molecule has 14 heavy (non-hydrogen) atoms. The maximum atomic E-state index is 11.5. The molecule has 0 saturated heterocycles. The van der Waals surface area contributed by atoms with E-state index in [4.69, 9.17) is 0 Å². The van der Waals surface area contributed by atoms with Crippen LogP contribution >= 0.6 is 0 Å². The Morgan fingerprint density at radius 1 is 1.50 bits per heavy atom. The maximum absolute atomic E-state index is 11.5. The first-order chi connectivity index (χ1) is 6.61. The van der Waals surface area contributed by atoms with Gasteiger partial charge in [-0.25, -0.2) is 0 Å².